The first-order valence-electron chi connectivity index (χ1n) is 6.46. The van der Waals surface area contributed by atoms with E-state index in [0.29, 0.717) is 0 Å². The topological polar surface area (TPSA) is 12.0 Å². The van der Waals surface area contributed by atoms with Crippen molar-refractivity contribution in [3.05, 3.63) is 63.6 Å². The fraction of sp³-hybridized carbons (Fsp3) is 0.176. The van der Waals surface area contributed by atoms with Gasteiger partial charge in [-0.2, -0.15) is 0 Å². The van der Waals surface area contributed by atoms with Gasteiger partial charge in [-0.25, -0.2) is 0 Å². The molecule has 2 aromatic rings. The SMILES string of the molecule is Brc1cc(C#Cc2ccccc2)c2c(c1)CCCN2. The molecule has 0 spiro atoms. The summed E-state index contributed by atoms with van der Waals surface area (Å²) in [5, 5.41) is 3.47. The summed E-state index contributed by atoms with van der Waals surface area (Å²) in [6.07, 6.45) is 2.32. The predicted octanol–water partition coefficient (Wildman–Crippen LogP) is 4.21. The second kappa shape index (κ2) is 5.50. The number of anilines is 1. The molecule has 3 rings (SSSR count). The quantitative estimate of drug-likeness (QED) is 0.719. The molecule has 1 aliphatic rings. The van der Waals surface area contributed by atoms with E-state index >= 15 is 0 Å². The van der Waals surface area contributed by atoms with E-state index in [0.717, 1.165) is 28.6 Å². The van der Waals surface area contributed by atoms with Gasteiger partial charge in [-0.1, -0.05) is 46.0 Å². The Morgan fingerprint density at radius 1 is 1.05 bits per heavy atom. The van der Waals surface area contributed by atoms with Crippen LogP contribution in [0.25, 0.3) is 0 Å². The van der Waals surface area contributed by atoms with Gasteiger partial charge in [-0.3, -0.25) is 0 Å². The fourth-order valence-electron chi connectivity index (χ4n) is 2.32. The van der Waals surface area contributed by atoms with Crippen LogP contribution < -0.4 is 5.32 Å². The van der Waals surface area contributed by atoms with Gasteiger partial charge in [-0.15, -0.1) is 0 Å². The molecule has 0 amide bonds. The largest absolute Gasteiger partial charge is 0.384 e. The molecule has 2 heteroatoms. The normalized spacial score (nSPS) is 12.9. The zero-order valence-corrected chi connectivity index (χ0v) is 12.1. The summed E-state index contributed by atoms with van der Waals surface area (Å²) in [6.45, 7) is 1.04. The minimum atomic E-state index is 1.04. The first-order chi connectivity index (χ1) is 9.33. The van der Waals surface area contributed by atoms with Crippen LogP contribution in [0.15, 0.2) is 46.9 Å². The molecule has 1 nitrogen and oxygen atoms in total. The molecule has 0 unspecified atom stereocenters. The Hall–Kier alpha value is -1.72. The lowest BCUT2D eigenvalue weighted by atomic mass is 9.99. The van der Waals surface area contributed by atoms with Gasteiger partial charge in [0.05, 0.1) is 5.69 Å². The van der Waals surface area contributed by atoms with E-state index in [1.54, 1.807) is 0 Å². The Balaban J connectivity index is 2.02. The summed E-state index contributed by atoms with van der Waals surface area (Å²) in [4.78, 5) is 0. The zero-order valence-electron chi connectivity index (χ0n) is 10.5. The monoisotopic (exact) mass is 311 g/mol. The zero-order chi connectivity index (χ0) is 13.1. The number of benzene rings is 2. The summed E-state index contributed by atoms with van der Waals surface area (Å²) in [6, 6.07) is 14.4. The van der Waals surface area contributed by atoms with Crippen molar-refractivity contribution in [3.63, 3.8) is 0 Å². The molecule has 0 aromatic heterocycles. The van der Waals surface area contributed by atoms with Crippen LogP contribution in [0.4, 0.5) is 5.69 Å². The van der Waals surface area contributed by atoms with Crippen LogP contribution in [-0.2, 0) is 6.42 Å². The molecule has 0 saturated heterocycles. The number of halogens is 1. The van der Waals surface area contributed by atoms with E-state index in [1.165, 1.54) is 17.7 Å². The maximum atomic E-state index is 3.57. The molecular weight excluding hydrogens is 298 g/mol. The van der Waals surface area contributed by atoms with Crippen LogP contribution in [0.3, 0.4) is 0 Å². The third kappa shape index (κ3) is 2.83. The second-order valence-electron chi connectivity index (χ2n) is 4.63. The summed E-state index contributed by atoms with van der Waals surface area (Å²) >= 11 is 3.57. The predicted molar refractivity (Wildman–Crippen MR) is 83.4 cm³/mol. The second-order valence-corrected chi connectivity index (χ2v) is 5.55. The van der Waals surface area contributed by atoms with Crippen LogP contribution in [0.1, 0.15) is 23.1 Å². The maximum Gasteiger partial charge on any atom is 0.0532 e. The van der Waals surface area contributed by atoms with Gasteiger partial charge in [-0.05, 0) is 42.7 Å². The Labute approximate surface area is 122 Å². The fourth-order valence-corrected chi connectivity index (χ4v) is 2.83. The van der Waals surface area contributed by atoms with Crippen molar-refractivity contribution < 1.29 is 0 Å². The van der Waals surface area contributed by atoms with E-state index in [1.807, 2.05) is 30.3 Å². The molecule has 19 heavy (non-hydrogen) atoms. The third-order valence-corrected chi connectivity index (χ3v) is 3.68. The van der Waals surface area contributed by atoms with Gasteiger partial charge in [0.25, 0.3) is 0 Å². The average Bonchev–Trinajstić information content (AvgIpc) is 2.45. The van der Waals surface area contributed by atoms with Crippen molar-refractivity contribution in [2.24, 2.45) is 0 Å². The average molecular weight is 312 g/mol. The van der Waals surface area contributed by atoms with E-state index in [9.17, 15) is 0 Å². The van der Waals surface area contributed by atoms with Crippen molar-refractivity contribution in [2.75, 3.05) is 11.9 Å². The van der Waals surface area contributed by atoms with Gasteiger partial charge in [0, 0.05) is 22.1 Å². The summed E-state index contributed by atoms with van der Waals surface area (Å²) in [5.74, 6) is 6.51. The first kappa shape index (κ1) is 12.3. The molecule has 1 aliphatic heterocycles. The van der Waals surface area contributed by atoms with Crippen LogP contribution in [0.5, 0.6) is 0 Å². The third-order valence-electron chi connectivity index (χ3n) is 3.22. The lowest BCUT2D eigenvalue weighted by Crippen LogP contribution is -2.13. The molecule has 0 atom stereocenters. The molecule has 94 valence electrons. The van der Waals surface area contributed by atoms with Crippen LogP contribution >= 0.6 is 15.9 Å². The van der Waals surface area contributed by atoms with Gasteiger partial charge in [0.15, 0.2) is 0 Å². The lowest BCUT2D eigenvalue weighted by molar-refractivity contribution is 0.828. The maximum absolute atomic E-state index is 3.57. The number of hydrogen-bond donors (Lipinski definition) is 1. The molecule has 1 N–H and O–H groups in total. The molecule has 1 heterocycles. The van der Waals surface area contributed by atoms with Gasteiger partial charge in [0.1, 0.15) is 0 Å². The number of aryl methyl sites for hydroxylation is 1. The molecular formula is C17H14BrN. The van der Waals surface area contributed by atoms with E-state index in [4.69, 9.17) is 0 Å². The number of rotatable bonds is 0. The standard InChI is InChI=1S/C17H14BrN/c18-16-11-14-7-4-10-19-17(14)15(12-16)9-8-13-5-2-1-3-6-13/h1-3,5-6,11-12,19H,4,7,10H2. The highest BCUT2D eigenvalue weighted by molar-refractivity contribution is 9.10. The Morgan fingerprint density at radius 3 is 2.74 bits per heavy atom. The van der Waals surface area contributed by atoms with Crippen molar-refractivity contribution >= 4 is 21.6 Å². The Bertz CT molecular complexity index is 650. The first-order valence-corrected chi connectivity index (χ1v) is 7.25. The molecule has 0 aliphatic carbocycles. The molecule has 2 aromatic carbocycles. The molecule has 0 fully saturated rings. The molecule has 0 bridgehead atoms. The van der Waals surface area contributed by atoms with Crippen molar-refractivity contribution in [3.8, 4) is 11.8 Å². The van der Waals surface area contributed by atoms with E-state index in [2.05, 4.69) is 45.2 Å². The van der Waals surface area contributed by atoms with E-state index < -0.39 is 0 Å². The van der Waals surface area contributed by atoms with Crippen molar-refractivity contribution in [1.29, 1.82) is 0 Å². The minimum Gasteiger partial charge on any atom is -0.384 e. The van der Waals surface area contributed by atoms with Crippen molar-refractivity contribution in [2.45, 2.75) is 12.8 Å². The highest BCUT2D eigenvalue weighted by Crippen LogP contribution is 2.29. The molecule has 0 radical (unpaired) electrons. The molecule has 0 saturated carbocycles. The van der Waals surface area contributed by atoms with Crippen LogP contribution in [0.2, 0.25) is 0 Å². The summed E-state index contributed by atoms with van der Waals surface area (Å²) in [7, 11) is 0. The summed E-state index contributed by atoms with van der Waals surface area (Å²) < 4.78 is 1.10. The summed E-state index contributed by atoms with van der Waals surface area (Å²) in [5.41, 5.74) is 4.69. The number of fused-ring (bicyclic) bond motifs is 1. The smallest absolute Gasteiger partial charge is 0.0532 e. The van der Waals surface area contributed by atoms with Crippen LogP contribution in [-0.4, -0.2) is 6.54 Å². The van der Waals surface area contributed by atoms with Gasteiger partial charge >= 0.3 is 0 Å². The van der Waals surface area contributed by atoms with Gasteiger partial charge < -0.3 is 5.32 Å². The van der Waals surface area contributed by atoms with Crippen LogP contribution in [0, 0.1) is 11.8 Å². The minimum absolute atomic E-state index is 1.04. The van der Waals surface area contributed by atoms with Gasteiger partial charge in [0.2, 0.25) is 0 Å². The van der Waals surface area contributed by atoms with E-state index in [-0.39, 0.29) is 0 Å². The number of hydrogen-bond acceptors (Lipinski definition) is 1. The Morgan fingerprint density at radius 2 is 1.89 bits per heavy atom. The lowest BCUT2D eigenvalue weighted by Gasteiger charge is -2.19. The number of nitrogens with one attached hydrogen (secondary N) is 1. The Kier molecular flexibility index (Phi) is 3.57. The van der Waals surface area contributed by atoms with Crippen molar-refractivity contribution in [1.82, 2.24) is 0 Å². The highest BCUT2D eigenvalue weighted by Gasteiger charge is 2.12. The highest BCUT2D eigenvalue weighted by atomic mass is 79.9.